The fourth-order valence-electron chi connectivity index (χ4n) is 1.68. The minimum atomic E-state index is -1.28. The number of amides is 2. The van der Waals surface area contributed by atoms with E-state index in [0.717, 1.165) is 4.90 Å². The fourth-order valence-corrected chi connectivity index (χ4v) is 1.68. The van der Waals surface area contributed by atoms with Crippen molar-refractivity contribution in [3.05, 3.63) is 0 Å². The van der Waals surface area contributed by atoms with Crippen LogP contribution in [-0.2, 0) is 9.59 Å². The molecule has 0 spiro atoms. The molecule has 0 aromatic rings. The normalized spacial score (nSPS) is 17.7. The first-order valence-electron chi connectivity index (χ1n) is 4.97. The van der Waals surface area contributed by atoms with Crippen LogP contribution in [0.15, 0.2) is 0 Å². The predicted octanol–water partition coefficient (Wildman–Crippen LogP) is -0.328. The monoisotopic (exact) mass is 230 g/mol. The molecule has 1 unspecified atom stereocenters. The Labute approximate surface area is 92.2 Å². The molecule has 0 saturated carbocycles. The van der Waals surface area contributed by atoms with E-state index in [9.17, 15) is 14.4 Å². The van der Waals surface area contributed by atoms with Gasteiger partial charge in [0.05, 0.1) is 6.42 Å². The number of urea groups is 1. The third-order valence-electron chi connectivity index (χ3n) is 2.54. The Hall–Kier alpha value is -1.79. The van der Waals surface area contributed by atoms with Gasteiger partial charge in [-0.05, 0) is 6.92 Å². The molecule has 1 atom stereocenters. The molecule has 1 heterocycles. The van der Waals surface area contributed by atoms with Crippen LogP contribution in [0.5, 0.6) is 0 Å². The molecule has 2 N–H and O–H groups in total. The summed E-state index contributed by atoms with van der Waals surface area (Å²) in [6.07, 6.45) is -0.571. The van der Waals surface area contributed by atoms with E-state index in [1.165, 1.54) is 4.90 Å². The number of nitrogens with zero attached hydrogens (tertiary/aromatic N) is 2. The summed E-state index contributed by atoms with van der Waals surface area (Å²) < 4.78 is 0. The predicted molar refractivity (Wildman–Crippen MR) is 53.0 cm³/mol. The first kappa shape index (κ1) is 12.3. The number of hydrogen-bond donors (Lipinski definition) is 2. The molecule has 0 aliphatic carbocycles. The van der Waals surface area contributed by atoms with Crippen LogP contribution >= 0.6 is 0 Å². The van der Waals surface area contributed by atoms with Crippen LogP contribution in [0.25, 0.3) is 0 Å². The van der Waals surface area contributed by atoms with Crippen LogP contribution in [0.4, 0.5) is 4.79 Å². The second-order valence-electron chi connectivity index (χ2n) is 3.51. The van der Waals surface area contributed by atoms with E-state index >= 15 is 0 Å². The van der Waals surface area contributed by atoms with Crippen molar-refractivity contribution in [3.63, 3.8) is 0 Å². The number of carbonyl (C=O) groups excluding carboxylic acids is 1. The molecule has 1 aliphatic heterocycles. The van der Waals surface area contributed by atoms with E-state index in [0.29, 0.717) is 13.1 Å². The number of carbonyl (C=O) groups is 3. The van der Waals surface area contributed by atoms with Gasteiger partial charge >= 0.3 is 18.0 Å². The van der Waals surface area contributed by atoms with Crippen LogP contribution in [0.2, 0.25) is 0 Å². The number of hydrogen-bond acceptors (Lipinski definition) is 3. The summed E-state index contributed by atoms with van der Waals surface area (Å²) in [5.41, 5.74) is 0. The molecule has 2 amide bonds. The number of carboxylic acid groups (broad SMARTS) is 2. The zero-order valence-electron chi connectivity index (χ0n) is 8.92. The maximum absolute atomic E-state index is 11.7. The molecule has 1 saturated heterocycles. The Bertz CT molecular complexity index is 317. The van der Waals surface area contributed by atoms with Crippen molar-refractivity contribution in [2.24, 2.45) is 0 Å². The van der Waals surface area contributed by atoms with Crippen LogP contribution in [-0.4, -0.2) is 63.7 Å². The summed E-state index contributed by atoms with van der Waals surface area (Å²) in [7, 11) is 0. The van der Waals surface area contributed by atoms with E-state index in [1.807, 2.05) is 0 Å². The maximum atomic E-state index is 11.7. The van der Waals surface area contributed by atoms with Crippen molar-refractivity contribution in [3.8, 4) is 0 Å². The zero-order valence-corrected chi connectivity index (χ0v) is 8.92. The molecule has 0 radical (unpaired) electrons. The van der Waals surface area contributed by atoms with Crippen molar-refractivity contribution in [2.45, 2.75) is 19.4 Å². The molecule has 0 aromatic heterocycles. The highest BCUT2D eigenvalue weighted by atomic mass is 16.4. The molecule has 1 fully saturated rings. The Morgan fingerprint density at radius 2 is 2.00 bits per heavy atom. The minimum absolute atomic E-state index is 0.261. The molecule has 1 aliphatic rings. The van der Waals surface area contributed by atoms with Crippen molar-refractivity contribution in [1.29, 1.82) is 0 Å². The Balaban J connectivity index is 2.77. The van der Waals surface area contributed by atoms with Crippen LogP contribution in [0.3, 0.4) is 0 Å². The zero-order chi connectivity index (χ0) is 12.3. The Morgan fingerprint density at radius 3 is 2.38 bits per heavy atom. The fraction of sp³-hybridized carbons (Fsp3) is 0.667. The Kier molecular flexibility index (Phi) is 3.70. The summed E-state index contributed by atoms with van der Waals surface area (Å²) in [6.45, 7) is 2.98. The van der Waals surface area contributed by atoms with Crippen LogP contribution in [0.1, 0.15) is 13.3 Å². The number of rotatable bonds is 5. The summed E-state index contributed by atoms with van der Waals surface area (Å²) >= 11 is 0. The molecule has 0 bridgehead atoms. The van der Waals surface area contributed by atoms with Gasteiger partial charge in [0.25, 0.3) is 0 Å². The Morgan fingerprint density at radius 1 is 1.38 bits per heavy atom. The van der Waals surface area contributed by atoms with Gasteiger partial charge in [0.2, 0.25) is 0 Å². The standard InChI is InChI=1S/C9H14N2O5/c1-2-10-3-4-11(9(10)16)6(8(14)15)5-7(12)13/h6H,2-5H2,1H3,(H,12,13)(H,14,15). The van der Waals surface area contributed by atoms with Crippen molar-refractivity contribution < 1.29 is 24.6 Å². The van der Waals surface area contributed by atoms with E-state index in [-0.39, 0.29) is 6.54 Å². The highest BCUT2D eigenvalue weighted by molar-refractivity contribution is 5.87. The third kappa shape index (κ3) is 2.41. The summed E-state index contributed by atoms with van der Waals surface area (Å²) in [5, 5.41) is 17.5. The molecule has 1 rings (SSSR count). The molecule has 7 heteroatoms. The lowest BCUT2D eigenvalue weighted by Gasteiger charge is -2.22. The first-order valence-corrected chi connectivity index (χ1v) is 4.97. The molecular formula is C9H14N2O5. The van der Waals surface area contributed by atoms with Crippen LogP contribution < -0.4 is 0 Å². The summed E-state index contributed by atoms with van der Waals surface area (Å²) in [6, 6.07) is -1.68. The van der Waals surface area contributed by atoms with E-state index in [2.05, 4.69) is 0 Å². The molecule has 0 aromatic carbocycles. The van der Waals surface area contributed by atoms with Gasteiger partial charge in [0.15, 0.2) is 0 Å². The van der Waals surface area contributed by atoms with Gasteiger partial charge in [0, 0.05) is 19.6 Å². The van der Waals surface area contributed by atoms with Crippen molar-refractivity contribution in [2.75, 3.05) is 19.6 Å². The minimum Gasteiger partial charge on any atom is -0.481 e. The topological polar surface area (TPSA) is 98.2 Å². The van der Waals surface area contributed by atoms with E-state index in [4.69, 9.17) is 10.2 Å². The van der Waals surface area contributed by atoms with Gasteiger partial charge in [-0.15, -0.1) is 0 Å². The first-order chi connectivity index (χ1) is 7.47. The van der Waals surface area contributed by atoms with Crippen molar-refractivity contribution >= 4 is 18.0 Å². The average molecular weight is 230 g/mol. The SMILES string of the molecule is CCN1CCN(C(CC(=O)O)C(=O)O)C1=O. The van der Waals surface area contributed by atoms with Gasteiger partial charge in [0.1, 0.15) is 6.04 Å². The average Bonchev–Trinajstić information content (AvgIpc) is 2.55. The van der Waals surface area contributed by atoms with E-state index < -0.39 is 30.4 Å². The maximum Gasteiger partial charge on any atom is 0.327 e. The highest BCUT2D eigenvalue weighted by Crippen LogP contribution is 2.14. The van der Waals surface area contributed by atoms with Gasteiger partial charge in [-0.2, -0.15) is 0 Å². The number of likely N-dealkylation sites (N-methyl/N-ethyl adjacent to an activating group) is 1. The molecular weight excluding hydrogens is 216 g/mol. The van der Waals surface area contributed by atoms with Gasteiger partial charge in [-0.25, -0.2) is 9.59 Å². The summed E-state index contributed by atoms with van der Waals surface area (Å²) in [4.78, 5) is 35.6. The smallest absolute Gasteiger partial charge is 0.327 e. The number of carboxylic acids is 2. The van der Waals surface area contributed by atoms with Gasteiger partial charge in [-0.3, -0.25) is 4.79 Å². The molecule has 16 heavy (non-hydrogen) atoms. The van der Waals surface area contributed by atoms with Gasteiger partial charge < -0.3 is 20.0 Å². The lowest BCUT2D eigenvalue weighted by molar-refractivity contribution is -0.148. The quantitative estimate of drug-likeness (QED) is 0.674. The number of aliphatic carboxylic acids is 2. The lowest BCUT2D eigenvalue weighted by Crippen LogP contribution is -2.45. The van der Waals surface area contributed by atoms with Gasteiger partial charge in [-0.1, -0.05) is 0 Å². The largest absolute Gasteiger partial charge is 0.481 e. The third-order valence-corrected chi connectivity index (χ3v) is 2.54. The van der Waals surface area contributed by atoms with Crippen molar-refractivity contribution in [1.82, 2.24) is 9.80 Å². The second-order valence-corrected chi connectivity index (χ2v) is 3.51. The lowest BCUT2D eigenvalue weighted by atomic mass is 10.2. The molecule has 90 valence electrons. The summed E-state index contributed by atoms with van der Waals surface area (Å²) in [5.74, 6) is -2.51. The molecule has 7 nitrogen and oxygen atoms in total. The van der Waals surface area contributed by atoms with Crippen LogP contribution in [0, 0.1) is 0 Å². The van der Waals surface area contributed by atoms with E-state index in [1.54, 1.807) is 6.92 Å². The second kappa shape index (κ2) is 4.82. The highest BCUT2D eigenvalue weighted by Gasteiger charge is 2.37.